The van der Waals surface area contributed by atoms with Gasteiger partial charge in [0.1, 0.15) is 5.75 Å². The second kappa shape index (κ2) is 9.70. The molecule has 1 aliphatic carbocycles. The van der Waals surface area contributed by atoms with E-state index in [1.54, 1.807) is 19.5 Å². The van der Waals surface area contributed by atoms with Crippen LogP contribution in [0.25, 0.3) is 0 Å². The second-order valence-electron chi connectivity index (χ2n) is 7.66. The molecule has 0 spiro atoms. The summed E-state index contributed by atoms with van der Waals surface area (Å²) in [6.07, 6.45) is 9.58. The van der Waals surface area contributed by atoms with Crippen molar-refractivity contribution in [3.63, 3.8) is 0 Å². The molecule has 0 radical (unpaired) electrons. The molecule has 1 aromatic heterocycles. The van der Waals surface area contributed by atoms with Crippen LogP contribution in [0, 0.1) is 11.8 Å². The van der Waals surface area contributed by atoms with Crippen LogP contribution in [0.5, 0.6) is 5.75 Å². The highest BCUT2D eigenvalue weighted by molar-refractivity contribution is 5.42. The Kier molecular flexibility index (Phi) is 7.04. The topological polar surface area (TPSA) is 64.3 Å². The van der Waals surface area contributed by atoms with Crippen LogP contribution in [0.3, 0.4) is 0 Å². The zero-order valence-corrected chi connectivity index (χ0v) is 16.6. The molecule has 2 aromatic rings. The lowest BCUT2D eigenvalue weighted by molar-refractivity contribution is 0.393. The third-order valence-electron chi connectivity index (χ3n) is 5.72. The van der Waals surface area contributed by atoms with Crippen LogP contribution in [-0.2, 0) is 12.8 Å². The van der Waals surface area contributed by atoms with E-state index in [9.17, 15) is 0 Å². The number of fused-ring (bicyclic) bond motifs is 1. The summed E-state index contributed by atoms with van der Waals surface area (Å²) >= 11 is 0. The Morgan fingerprint density at radius 2 is 1.85 bits per heavy atom. The largest absolute Gasteiger partial charge is 0.496 e. The van der Waals surface area contributed by atoms with Gasteiger partial charge in [0, 0.05) is 25.5 Å². The predicted molar refractivity (Wildman–Crippen MR) is 110 cm³/mol. The summed E-state index contributed by atoms with van der Waals surface area (Å²) < 4.78 is 5.36. The molecule has 1 atom stereocenters. The summed E-state index contributed by atoms with van der Waals surface area (Å²) in [7, 11) is 1.74. The number of benzene rings is 1. The van der Waals surface area contributed by atoms with Crippen molar-refractivity contribution < 1.29 is 4.74 Å². The van der Waals surface area contributed by atoms with Gasteiger partial charge in [-0.2, -0.15) is 0 Å². The fraction of sp³-hybridized carbons (Fsp3) is 0.545. The molecule has 0 amide bonds. The van der Waals surface area contributed by atoms with E-state index >= 15 is 0 Å². The van der Waals surface area contributed by atoms with E-state index < -0.39 is 0 Å². The Hall–Kier alpha value is -2.14. The van der Waals surface area contributed by atoms with E-state index in [2.05, 4.69) is 33.9 Å². The molecule has 4 rings (SSSR count). The second-order valence-corrected chi connectivity index (χ2v) is 7.66. The first-order valence-electron chi connectivity index (χ1n) is 10.1. The Morgan fingerprint density at radius 1 is 1.11 bits per heavy atom. The van der Waals surface area contributed by atoms with Gasteiger partial charge in [-0.3, -0.25) is 0 Å². The molecule has 1 aromatic carbocycles. The first kappa shape index (κ1) is 19.6. The van der Waals surface area contributed by atoms with Gasteiger partial charge < -0.3 is 15.4 Å². The highest BCUT2D eigenvalue weighted by atomic mass is 16.5. The van der Waals surface area contributed by atoms with Gasteiger partial charge in [0.05, 0.1) is 7.11 Å². The molecule has 1 fully saturated rings. The monoisotopic (exact) mass is 368 g/mol. The molecular weight excluding hydrogens is 336 g/mol. The molecule has 1 aliphatic heterocycles. The lowest BCUT2D eigenvalue weighted by atomic mass is 9.83. The van der Waals surface area contributed by atoms with E-state index in [1.165, 1.54) is 30.4 Å². The van der Waals surface area contributed by atoms with Gasteiger partial charge in [-0.1, -0.05) is 19.1 Å². The number of aryl methyl sites for hydroxylation is 1. The van der Waals surface area contributed by atoms with Gasteiger partial charge in [-0.25, -0.2) is 9.97 Å². The summed E-state index contributed by atoms with van der Waals surface area (Å²) in [6.45, 7) is 5.30. The minimum Gasteiger partial charge on any atom is -0.496 e. The summed E-state index contributed by atoms with van der Waals surface area (Å²) in [6, 6.07) is 8.17. The van der Waals surface area contributed by atoms with Gasteiger partial charge in [-0.15, -0.1) is 0 Å². The number of nitrogens with zero attached hydrogens (tertiary/aromatic N) is 3. The predicted octanol–water partition coefficient (Wildman–Crippen LogP) is 3.47. The van der Waals surface area contributed by atoms with Crippen molar-refractivity contribution in [1.29, 1.82) is 0 Å². The summed E-state index contributed by atoms with van der Waals surface area (Å²) in [5.41, 5.74) is 8.52. The quantitative estimate of drug-likeness (QED) is 0.899. The van der Waals surface area contributed by atoms with Gasteiger partial charge >= 0.3 is 0 Å². The first-order valence-corrected chi connectivity index (χ1v) is 10.1. The molecule has 2 heterocycles. The standard InChI is InChI=1S/C12H17NO.C10H15N3/c1-14-12-4-2-3-10-6-5-9(8-13)7-11(10)12;1-9-3-7-13(8-4-9)10-11-5-2-6-12-10/h2-4,9H,5-8,13H2,1H3;2,5-6,9H,3-4,7-8H2,1H3. The normalized spacial score (nSPS) is 19.7. The lowest BCUT2D eigenvalue weighted by Crippen LogP contribution is -2.33. The van der Waals surface area contributed by atoms with Gasteiger partial charge in [-0.05, 0) is 73.7 Å². The summed E-state index contributed by atoms with van der Waals surface area (Å²) in [5.74, 6) is 3.41. The van der Waals surface area contributed by atoms with Crippen molar-refractivity contribution in [2.45, 2.75) is 39.0 Å². The third kappa shape index (κ3) is 5.19. The maximum absolute atomic E-state index is 5.71. The van der Waals surface area contributed by atoms with Crippen molar-refractivity contribution in [2.24, 2.45) is 17.6 Å². The van der Waals surface area contributed by atoms with E-state index in [0.717, 1.165) is 50.1 Å². The minimum atomic E-state index is 0.638. The number of anilines is 1. The third-order valence-corrected chi connectivity index (χ3v) is 5.72. The highest BCUT2D eigenvalue weighted by Crippen LogP contribution is 2.31. The van der Waals surface area contributed by atoms with Gasteiger partial charge in [0.25, 0.3) is 0 Å². The van der Waals surface area contributed by atoms with E-state index in [0.29, 0.717) is 5.92 Å². The molecular formula is C22H32N4O. The molecule has 5 nitrogen and oxygen atoms in total. The number of aromatic nitrogens is 2. The van der Waals surface area contributed by atoms with Crippen LogP contribution in [0.15, 0.2) is 36.7 Å². The molecule has 1 saturated heterocycles. The van der Waals surface area contributed by atoms with Crippen molar-refractivity contribution >= 4 is 5.95 Å². The zero-order chi connectivity index (χ0) is 19.1. The van der Waals surface area contributed by atoms with E-state index in [4.69, 9.17) is 10.5 Å². The number of piperidine rings is 1. The van der Waals surface area contributed by atoms with Gasteiger partial charge in [0.2, 0.25) is 5.95 Å². The summed E-state index contributed by atoms with van der Waals surface area (Å²) in [5, 5.41) is 0. The fourth-order valence-electron chi connectivity index (χ4n) is 3.88. The number of hydrogen-bond donors (Lipinski definition) is 1. The number of rotatable bonds is 3. The molecule has 1 unspecified atom stereocenters. The summed E-state index contributed by atoms with van der Waals surface area (Å²) in [4.78, 5) is 10.7. The Bertz CT molecular complexity index is 684. The SMILES string of the molecule is CC1CCN(c2ncccn2)CC1.COc1cccc2c1CC(CN)CC2. The molecule has 2 N–H and O–H groups in total. The van der Waals surface area contributed by atoms with Crippen molar-refractivity contribution in [3.8, 4) is 5.75 Å². The molecule has 0 bridgehead atoms. The number of ether oxygens (including phenoxy) is 1. The van der Waals surface area contributed by atoms with Crippen LogP contribution < -0.4 is 15.4 Å². The average Bonchev–Trinajstić information content (AvgIpc) is 2.74. The smallest absolute Gasteiger partial charge is 0.225 e. The average molecular weight is 369 g/mol. The van der Waals surface area contributed by atoms with Crippen molar-refractivity contribution in [3.05, 3.63) is 47.8 Å². The molecule has 2 aliphatic rings. The first-order chi connectivity index (χ1) is 13.2. The van der Waals surface area contributed by atoms with Crippen molar-refractivity contribution in [1.82, 2.24) is 9.97 Å². The van der Waals surface area contributed by atoms with Crippen LogP contribution in [0.2, 0.25) is 0 Å². The minimum absolute atomic E-state index is 0.638. The molecule has 5 heteroatoms. The molecule has 27 heavy (non-hydrogen) atoms. The number of hydrogen-bond acceptors (Lipinski definition) is 5. The molecule has 146 valence electrons. The highest BCUT2D eigenvalue weighted by Gasteiger charge is 2.20. The molecule has 0 saturated carbocycles. The van der Waals surface area contributed by atoms with Crippen LogP contribution in [-0.4, -0.2) is 36.7 Å². The van der Waals surface area contributed by atoms with E-state index in [-0.39, 0.29) is 0 Å². The van der Waals surface area contributed by atoms with E-state index in [1.807, 2.05) is 12.1 Å². The van der Waals surface area contributed by atoms with Crippen LogP contribution in [0.1, 0.15) is 37.3 Å². The zero-order valence-electron chi connectivity index (χ0n) is 16.6. The Labute approximate surface area is 163 Å². The maximum atomic E-state index is 5.71. The Morgan fingerprint density at radius 3 is 2.52 bits per heavy atom. The fourth-order valence-corrected chi connectivity index (χ4v) is 3.88. The van der Waals surface area contributed by atoms with Crippen LogP contribution >= 0.6 is 0 Å². The Balaban J connectivity index is 0.000000156. The number of methoxy groups -OCH3 is 1. The lowest BCUT2D eigenvalue weighted by Gasteiger charge is -2.29. The van der Waals surface area contributed by atoms with Crippen molar-refractivity contribution in [2.75, 3.05) is 31.6 Å². The maximum Gasteiger partial charge on any atom is 0.225 e. The van der Waals surface area contributed by atoms with Crippen LogP contribution in [0.4, 0.5) is 5.95 Å². The van der Waals surface area contributed by atoms with Gasteiger partial charge in [0.15, 0.2) is 0 Å². The number of nitrogens with two attached hydrogens (primary N) is 1.